The van der Waals surface area contributed by atoms with Crippen LogP contribution in [0, 0.1) is 25.2 Å². The molecule has 3 nitrogen and oxygen atoms in total. The summed E-state index contributed by atoms with van der Waals surface area (Å²) in [5, 5.41) is 10.4. The molecule has 0 radical (unpaired) electrons. The fraction of sp³-hybridized carbons (Fsp3) is 0.176. The first kappa shape index (κ1) is 12.4. The van der Waals surface area contributed by atoms with Crippen LogP contribution in [-0.2, 0) is 7.05 Å². The molecular weight excluding hydrogens is 246 g/mol. The van der Waals surface area contributed by atoms with E-state index in [9.17, 15) is 0 Å². The van der Waals surface area contributed by atoms with Gasteiger partial charge in [0.25, 0.3) is 0 Å². The summed E-state index contributed by atoms with van der Waals surface area (Å²) in [5.74, 6) is 0. The monoisotopic (exact) mass is 262 g/mol. The quantitative estimate of drug-likeness (QED) is 0.621. The second kappa shape index (κ2) is 4.50. The molecule has 0 fully saturated rings. The maximum Gasteiger partial charge on any atom is 0.245 e. The van der Waals surface area contributed by atoms with E-state index in [-0.39, 0.29) is 0 Å². The molecule has 0 saturated heterocycles. The van der Waals surface area contributed by atoms with Crippen LogP contribution in [-0.4, -0.2) is 4.68 Å². The molecule has 0 N–H and O–H groups in total. The van der Waals surface area contributed by atoms with Crippen molar-refractivity contribution >= 4 is 10.9 Å². The van der Waals surface area contributed by atoms with Gasteiger partial charge in [-0.15, -0.1) is 0 Å². The average molecular weight is 262 g/mol. The first-order valence-electron chi connectivity index (χ1n) is 6.61. The molecule has 0 atom stereocenters. The van der Waals surface area contributed by atoms with Gasteiger partial charge in [-0.1, -0.05) is 22.9 Å². The molecule has 0 aliphatic carbocycles. The third-order valence-corrected chi connectivity index (χ3v) is 3.87. The fourth-order valence-corrected chi connectivity index (χ4v) is 2.65. The molecule has 0 spiro atoms. The summed E-state index contributed by atoms with van der Waals surface area (Å²) in [6, 6.07) is 16.4. The summed E-state index contributed by atoms with van der Waals surface area (Å²) < 4.78 is 4.30. The van der Waals surface area contributed by atoms with Crippen LogP contribution in [0.1, 0.15) is 16.8 Å². The minimum absolute atomic E-state index is 0.682. The van der Waals surface area contributed by atoms with E-state index >= 15 is 0 Å². The van der Waals surface area contributed by atoms with Crippen molar-refractivity contribution in [2.75, 3.05) is 0 Å². The van der Waals surface area contributed by atoms with Crippen molar-refractivity contribution in [1.82, 2.24) is 4.68 Å². The third kappa shape index (κ3) is 1.70. The van der Waals surface area contributed by atoms with Gasteiger partial charge in [-0.05, 0) is 26.0 Å². The van der Waals surface area contributed by atoms with E-state index in [1.165, 1.54) is 11.1 Å². The van der Waals surface area contributed by atoms with E-state index in [0.717, 1.165) is 16.8 Å². The number of nitrogens with zero attached hydrogens (tertiary/aromatic N) is 3. The van der Waals surface area contributed by atoms with E-state index in [1.807, 2.05) is 31.3 Å². The van der Waals surface area contributed by atoms with Crippen LogP contribution in [0.4, 0.5) is 0 Å². The number of hydrogen-bond donors (Lipinski definition) is 0. The summed E-state index contributed by atoms with van der Waals surface area (Å²) in [6.07, 6.45) is 0. The van der Waals surface area contributed by atoms with Crippen molar-refractivity contribution in [3.05, 3.63) is 59.3 Å². The lowest BCUT2D eigenvalue weighted by Crippen LogP contribution is -2.40. The molecule has 0 unspecified atom stereocenters. The predicted molar refractivity (Wildman–Crippen MR) is 78.6 cm³/mol. The van der Waals surface area contributed by atoms with Crippen molar-refractivity contribution < 1.29 is 4.68 Å². The van der Waals surface area contributed by atoms with Gasteiger partial charge in [-0.25, -0.2) is 0 Å². The highest BCUT2D eigenvalue weighted by Gasteiger charge is 2.23. The van der Waals surface area contributed by atoms with E-state index < -0.39 is 0 Å². The molecule has 0 saturated carbocycles. The number of para-hydroxylation sites is 1. The van der Waals surface area contributed by atoms with E-state index in [1.54, 1.807) is 0 Å². The second-order valence-corrected chi connectivity index (χ2v) is 5.05. The minimum Gasteiger partial charge on any atom is -0.192 e. The van der Waals surface area contributed by atoms with Crippen molar-refractivity contribution in [2.24, 2.45) is 7.05 Å². The number of nitriles is 1. The van der Waals surface area contributed by atoms with Gasteiger partial charge in [0.15, 0.2) is 0 Å². The van der Waals surface area contributed by atoms with Crippen LogP contribution in [0.25, 0.3) is 16.6 Å². The van der Waals surface area contributed by atoms with Crippen LogP contribution in [0.5, 0.6) is 0 Å². The van der Waals surface area contributed by atoms with Crippen LogP contribution in [0.3, 0.4) is 0 Å². The summed E-state index contributed by atoms with van der Waals surface area (Å²) in [4.78, 5) is 0. The number of aromatic nitrogens is 2. The Hall–Kier alpha value is -2.60. The van der Waals surface area contributed by atoms with Crippen LogP contribution >= 0.6 is 0 Å². The second-order valence-electron chi connectivity index (χ2n) is 5.05. The number of aryl methyl sites for hydroxylation is 2. The Balaban J connectivity index is 2.41. The standard InChI is InChI=1S/C17H16N3/c1-12-8-9-14(11-18)10-17(12)20-16-7-5-4-6-15(16)13(2)19(20)3/h4-10H,1-3H3/q+1. The lowest BCUT2D eigenvalue weighted by Gasteiger charge is -2.02. The molecule has 2 aromatic carbocycles. The van der Waals surface area contributed by atoms with Crippen molar-refractivity contribution in [2.45, 2.75) is 13.8 Å². The van der Waals surface area contributed by atoms with Gasteiger partial charge in [-0.2, -0.15) is 9.94 Å². The Kier molecular flexibility index (Phi) is 2.80. The number of hydrogen-bond acceptors (Lipinski definition) is 1. The van der Waals surface area contributed by atoms with Gasteiger partial charge in [0.05, 0.1) is 29.8 Å². The zero-order chi connectivity index (χ0) is 14.3. The van der Waals surface area contributed by atoms with Crippen LogP contribution in [0.15, 0.2) is 42.5 Å². The maximum absolute atomic E-state index is 9.12. The molecule has 3 rings (SSSR count). The molecule has 1 heterocycles. The summed E-state index contributed by atoms with van der Waals surface area (Å²) in [6.45, 7) is 4.18. The normalized spacial score (nSPS) is 10.7. The first-order valence-corrected chi connectivity index (χ1v) is 6.61. The molecule has 0 aliphatic rings. The first-order chi connectivity index (χ1) is 9.63. The Morgan fingerprint density at radius 3 is 2.60 bits per heavy atom. The zero-order valence-corrected chi connectivity index (χ0v) is 11.9. The molecule has 1 aromatic heterocycles. The van der Waals surface area contributed by atoms with Gasteiger partial charge in [0.2, 0.25) is 11.2 Å². The van der Waals surface area contributed by atoms with E-state index in [4.69, 9.17) is 5.26 Å². The average Bonchev–Trinajstić information content (AvgIpc) is 2.72. The van der Waals surface area contributed by atoms with Crippen molar-refractivity contribution in [3.8, 4) is 11.8 Å². The lowest BCUT2D eigenvalue weighted by molar-refractivity contribution is -0.659. The number of benzene rings is 2. The van der Waals surface area contributed by atoms with Gasteiger partial charge >= 0.3 is 0 Å². The highest BCUT2D eigenvalue weighted by Crippen LogP contribution is 2.19. The van der Waals surface area contributed by atoms with Crippen LogP contribution < -0.4 is 4.68 Å². The largest absolute Gasteiger partial charge is 0.245 e. The zero-order valence-electron chi connectivity index (χ0n) is 11.9. The molecule has 0 bridgehead atoms. The number of rotatable bonds is 1. The summed E-state index contributed by atoms with van der Waals surface area (Å²) >= 11 is 0. The molecule has 98 valence electrons. The fourth-order valence-electron chi connectivity index (χ4n) is 2.65. The Morgan fingerprint density at radius 2 is 1.85 bits per heavy atom. The predicted octanol–water partition coefficient (Wildman–Crippen LogP) is 2.94. The van der Waals surface area contributed by atoms with Gasteiger partial charge in [0, 0.05) is 17.7 Å². The van der Waals surface area contributed by atoms with E-state index in [0.29, 0.717) is 5.56 Å². The molecular formula is C17H16N3+. The Labute approximate surface area is 118 Å². The molecule has 3 aromatic rings. The molecule has 0 aliphatic heterocycles. The van der Waals surface area contributed by atoms with Gasteiger partial charge in [0.1, 0.15) is 0 Å². The Bertz CT molecular complexity index is 851. The van der Waals surface area contributed by atoms with Gasteiger partial charge < -0.3 is 0 Å². The highest BCUT2D eigenvalue weighted by atomic mass is 15.4. The van der Waals surface area contributed by atoms with Crippen molar-refractivity contribution in [1.29, 1.82) is 5.26 Å². The Morgan fingerprint density at radius 1 is 1.10 bits per heavy atom. The van der Waals surface area contributed by atoms with Gasteiger partial charge in [-0.3, -0.25) is 0 Å². The molecule has 0 amide bonds. The third-order valence-electron chi connectivity index (χ3n) is 3.87. The molecule has 3 heteroatoms. The smallest absolute Gasteiger partial charge is 0.192 e. The maximum atomic E-state index is 9.12. The highest BCUT2D eigenvalue weighted by molar-refractivity contribution is 5.78. The van der Waals surface area contributed by atoms with Crippen LogP contribution in [0.2, 0.25) is 0 Å². The summed E-state index contributed by atoms with van der Waals surface area (Å²) in [5.41, 5.74) is 5.25. The topological polar surface area (TPSA) is 32.6 Å². The SMILES string of the molecule is Cc1ccc(C#N)cc1-[n+]1c2ccccc2c(C)n1C. The molecule has 20 heavy (non-hydrogen) atoms. The summed E-state index contributed by atoms with van der Waals surface area (Å²) in [7, 11) is 2.05. The van der Waals surface area contributed by atoms with E-state index in [2.05, 4.69) is 47.5 Å². The minimum atomic E-state index is 0.682. The van der Waals surface area contributed by atoms with Crippen molar-refractivity contribution in [3.63, 3.8) is 0 Å². The number of fused-ring (bicyclic) bond motifs is 1. The lowest BCUT2D eigenvalue weighted by atomic mass is 10.1.